The van der Waals surface area contributed by atoms with Crippen molar-refractivity contribution in [2.75, 3.05) is 0 Å². The predicted octanol–water partition coefficient (Wildman–Crippen LogP) is 3.33. The molecule has 1 aromatic rings. The first kappa shape index (κ1) is 10.3. The smallest absolute Gasteiger partial charge is 0.0253 e. The number of nitrogens with two attached hydrogens (primary N) is 1. The van der Waals surface area contributed by atoms with Gasteiger partial charge in [-0.25, -0.2) is 0 Å². The van der Waals surface area contributed by atoms with E-state index in [1.54, 1.807) is 0 Å². The van der Waals surface area contributed by atoms with E-state index >= 15 is 0 Å². The average Bonchev–Trinajstić information content (AvgIpc) is 3.13. The summed E-state index contributed by atoms with van der Waals surface area (Å²) in [6.07, 6.45) is 5.03. The van der Waals surface area contributed by atoms with E-state index in [-0.39, 0.29) is 5.54 Å². The van der Waals surface area contributed by atoms with Crippen molar-refractivity contribution < 1.29 is 0 Å². The molecule has 0 heterocycles. The van der Waals surface area contributed by atoms with Crippen molar-refractivity contribution in [3.05, 3.63) is 35.4 Å². The summed E-state index contributed by atoms with van der Waals surface area (Å²) in [6.45, 7) is 4.49. The van der Waals surface area contributed by atoms with Crippen molar-refractivity contribution in [3.8, 4) is 0 Å². The molecule has 16 heavy (non-hydrogen) atoms. The van der Waals surface area contributed by atoms with Crippen molar-refractivity contribution in [1.29, 1.82) is 0 Å². The van der Waals surface area contributed by atoms with Crippen LogP contribution in [0.1, 0.15) is 56.6 Å². The Morgan fingerprint density at radius 1 is 1.00 bits per heavy atom. The van der Waals surface area contributed by atoms with Gasteiger partial charge in [0, 0.05) is 11.0 Å². The Kier molecular flexibility index (Phi) is 2.00. The summed E-state index contributed by atoms with van der Waals surface area (Å²) in [5.74, 6) is 0.622. The molecule has 0 aromatic heterocycles. The van der Waals surface area contributed by atoms with Crippen molar-refractivity contribution in [2.24, 2.45) is 5.73 Å². The number of rotatable bonds is 3. The molecule has 0 unspecified atom stereocenters. The van der Waals surface area contributed by atoms with Gasteiger partial charge in [0.05, 0.1) is 0 Å². The van der Waals surface area contributed by atoms with Gasteiger partial charge < -0.3 is 5.73 Å². The van der Waals surface area contributed by atoms with E-state index in [4.69, 9.17) is 5.73 Å². The molecule has 0 atom stereocenters. The molecular weight excluding hydrogens is 194 g/mol. The molecule has 2 aliphatic rings. The molecule has 1 aromatic carbocycles. The summed E-state index contributed by atoms with van der Waals surface area (Å²) in [5, 5.41) is 0. The van der Waals surface area contributed by atoms with Gasteiger partial charge in [-0.1, -0.05) is 38.1 Å². The number of benzene rings is 1. The van der Waals surface area contributed by atoms with E-state index in [1.807, 2.05) is 0 Å². The molecule has 2 saturated carbocycles. The fourth-order valence-electron chi connectivity index (χ4n) is 3.00. The largest absolute Gasteiger partial charge is 0.324 e. The first-order chi connectivity index (χ1) is 7.57. The minimum atomic E-state index is 0.145. The zero-order chi connectivity index (χ0) is 11.4. The van der Waals surface area contributed by atoms with Crippen LogP contribution < -0.4 is 5.73 Å². The van der Waals surface area contributed by atoms with E-state index < -0.39 is 0 Å². The average molecular weight is 215 g/mol. The third-order valence-electron chi connectivity index (χ3n) is 4.62. The highest BCUT2D eigenvalue weighted by molar-refractivity contribution is 5.42. The van der Waals surface area contributed by atoms with Gasteiger partial charge in [-0.2, -0.15) is 0 Å². The molecule has 1 nitrogen and oxygen atoms in total. The lowest BCUT2D eigenvalue weighted by atomic mass is 9.85. The zero-order valence-electron chi connectivity index (χ0n) is 10.3. The maximum absolute atomic E-state index is 6.42. The van der Waals surface area contributed by atoms with E-state index in [1.165, 1.54) is 36.8 Å². The molecule has 0 radical (unpaired) electrons. The highest BCUT2D eigenvalue weighted by atomic mass is 14.9. The molecule has 0 saturated heterocycles. The van der Waals surface area contributed by atoms with Crippen molar-refractivity contribution in [3.63, 3.8) is 0 Å². The second kappa shape index (κ2) is 3.10. The Hall–Kier alpha value is -0.820. The minimum absolute atomic E-state index is 0.145. The lowest BCUT2D eigenvalue weighted by Crippen LogP contribution is -2.37. The first-order valence-corrected chi connectivity index (χ1v) is 6.47. The molecule has 2 fully saturated rings. The summed E-state index contributed by atoms with van der Waals surface area (Å²) in [4.78, 5) is 0. The van der Waals surface area contributed by atoms with Crippen LogP contribution in [0.4, 0.5) is 0 Å². The zero-order valence-corrected chi connectivity index (χ0v) is 10.3. The summed E-state index contributed by atoms with van der Waals surface area (Å²) >= 11 is 0. The quantitative estimate of drug-likeness (QED) is 0.822. The van der Waals surface area contributed by atoms with Crippen LogP contribution >= 0.6 is 0 Å². The summed E-state index contributed by atoms with van der Waals surface area (Å²) in [6, 6.07) is 9.20. The van der Waals surface area contributed by atoms with E-state index in [9.17, 15) is 0 Å². The summed E-state index contributed by atoms with van der Waals surface area (Å²) in [7, 11) is 0. The standard InChI is InChI=1S/C15H21N/c1-11(2)12-3-5-13(6-4-12)14(7-8-14)15(16)9-10-15/h3-6,11H,7-10,16H2,1-2H3. The monoisotopic (exact) mass is 215 g/mol. The number of hydrogen-bond acceptors (Lipinski definition) is 1. The Labute approximate surface area is 98.0 Å². The van der Waals surface area contributed by atoms with Gasteiger partial charge in [0.25, 0.3) is 0 Å². The molecule has 0 amide bonds. The molecule has 0 spiro atoms. The fourth-order valence-corrected chi connectivity index (χ4v) is 3.00. The SMILES string of the molecule is CC(C)c1ccc(C2(C3(N)CC3)CC2)cc1. The van der Waals surface area contributed by atoms with Crippen molar-refractivity contribution in [2.45, 2.75) is 56.4 Å². The van der Waals surface area contributed by atoms with Crippen LogP contribution in [-0.4, -0.2) is 5.54 Å². The van der Waals surface area contributed by atoms with Crippen LogP contribution in [0.2, 0.25) is 0 Å². The highest BCUT2D eigenvalue weighted by Crippen LogP contribution is 2.63. The number of hydrogen-bond donors (Lipinski definition) is 1. The normalized spacial score (nSPS) is 24.5. The molecule has 0 bridgehead atoms. The van der Waals surface area contributed by atoms with Crippen LogP contribution in [-0.2, 0) is 5.41 Å². The van der Waals surface area contributed by atoms with Gasteiger partial charge in [-0.3, -0.25) is 0 Å². The second-order valence-electron chi connectivity index (χ2n) is 6.01. The van der Waals surface area contributed by atoms with Crippen LogP contribution in [0.25, 0.3) is 0 Å². The van der Waals surface area contributed by atoms with E-state index in [2.05, 4.69) is 38.1 Å². The van der Waals surface area contributed by atoms with Gasteiger partial charge in [0.1, 0.15) is 0 Å². The Balaban J connectivity index is 1.90. The predicted molar refractivity (Wildman–Crippen MR) is 67.6 cm³/mol. The first-order valence-electron chi connectivity index (χ1n) is 6.47. The van der Waals surface area contributed by atoms with Gasteiger partial charge >= 0.3 is 0 Å². The van der Waals surface area contributed by atoms with Gasteiger partial charge in [0.15, 0.2) is 0 Å². The fraction of sp³-hybridized carbons (Fsp3) is 0.600. The Bertz CT molecular complexity index is 394. The summed E-state index contributed by atoms with van der Waals surface area (Å²) < 4.78 is 0. The van der Waals surface area contributed by atoms with Gasteiger partial charge in [-0.15, -0.1) is 0 Å². The highest BCUT2D eigenvalue weighted by Gasteiger charge is 2.63. The molecule has 1 heteroatoms. The topological polar surface area (TPSA) is 26.0 Å². The van der Waals surface area contributed by atoms with Crippen molar-refractivity contribution in [1.82, 2.24) is 0 Å². The molecular formula is C15H21N. The van der Waals surface area contributed by atoms with Crippen LogP contribution in [0, 0.1) is 0 Å². The molecule has 0 aliphatic heterocycles. The molecule has 2 aliphatic carbocycles. The van der Waals surface area contributed by atoms with Crippen molar-refractivity contribution >= 4 is 0 Å². The lowest BCUT2D eigenvalue weighted by Gasteiger charge is -2.23. The Morgan fingerprint density at radius 3 is 1.94 bits per heavy atom. The van der Waals surface area contributed by atoms with Crippen LogP contribution in [0.15, 0.2) is 24.3 Å². The second-order valence-corrected chi connectivity index (χ2v) is 6.01. The Morgan fingerprint density at radius 2 is 1.56 bits per heavy atom. The van der Waals surface area contributed by atoms with Gasteiger partial charge in [-0.05, 0) is 42.7 Å². The summed E-state index contributed by atoms with van der Waals surface area (Å²) in [5.41, 5.74) is 9.83. The third kappa shape index (κ3) is 1.34. The van der Waals surface area contributed by atoms with Crippen LogP contribution in [0.5, 0.6) is 0 Å². The molecule has 3 rings (SSSR count). The van der Waals surface area contributed by atoms with E-state index in [0.29, 0.717) is 11.3 Å². The third-order valence-corrected chi connectivity index (χ3v) is 4.62. The maximum atomic E-state index is 6.42. The molecule has 86 valence electrons. The minimum Gasteiger partial charge on any atom is -0.324 e. The van der Waals surface area contributed by atoms with Gasteiger partial charge in [0.2, 0.25) is 0 Å². The van der Waals surface area contributed by atoms with E-state index in [0.717, 1.165) is 0 Å². The maximum Gasteiger partial charge on any atom is 0.0253 e. The van der Waals surface area contributed by atoms with Crippen LogP contribution in [0.3, 0.4) is 0 Å². The molecule has 2 N–H and O–H groups in total. The lowest BCUT2D eigenvalue weighted by molar-refractivity contribution is 0.503.